The van der Waals surface area contributed by atoms with Gasteiger partial charge in [0.25, 0.3) is 5.91 Å². The molecule has 0 bridgehead atoms. The zero-order valence-corrected chi connectivity index (χ0v) is 18.4. The van der Waals surface area contributed by atoms with E-state index in [1.165, 1.54) is 6.39 Å². The Labute approximate surface area is 192 Å². The Morgan fingerprint density at radius 3 is 2.24 bits per heavy atom. The molecule has 0 aliphatic heterocycles. The van der Waals surface area contributed by atoms with Crippen molar-refractivity contribution in [2.24, 2.45) is 0 Å². The van der Waals surface area contributed by atoms with Crippen molar-refractivity contribution in [2.45, 2.75) is 20.1 Å². The van der Waals surface area contributed by atoms with Gasteiger partial charge in [-0.05, 0) is 54.4 Å². The summed E-state index contributed by atoms with van der Waals surface area (Å²) >= 11 is 0. The summed E-state index contributed by atoms with van der Waals surface area (Å²) in [5.41, 5.74) is 2.94. The van der Waals surface area contributed by atoms with Crippen LogP contribution < -0.4 is 9.47 Å². The normalized spacial score (nSPS) is 10.6. The average molecular weight is 444 g/mol. The highest BCUT2D eigenvalue weighted by Gasteiger charge is 2.13. The van der Waals surface area contributed by atoms with Gasteiger partial charge in [-0.2, -0.15) is 0 Å². The highest BCUT2D eigenvalue weighted by Crippen LogP contribution is 2.20. The lowest BCUT2D eigenvalue weighted by atomic mass is 10.2. The van der Waals surface area contributed by atoms with Gasteiger partial charge < -0.3 is 18.8 Å². The van der Waals surface area contributed by atoms with Crippen LogP contribution >= 0.6 is 0 Å². The first-order valence-electron chi connectivity index (χ1n) is 10.7. The van der Waals surface area contributed by atoms with Crippen LogP contribution in [0.1, 0.15) is 18.1 Å². The summed E-state index contributed by atoms with van der Waals surface area (Å²) in [6.07, 6.45) is 1.28. The number of rotatable bonds is 10. The zero-order chi connectivity index (χ0) is 22.9. The fourth-order valence-electron chi connectivity index (χ4n) is 3.26. The molecule has 4 aromatic rings. The van der Waals surface area contributed by atoms with Gasteiger partial charge in [0, 0.05) is 18.7 Å². The standard InChI is InChI=1S/C26H25N3O4/c1-2-29(16-20-8-12-23(13-9-20)31-17-21-6-4-3-5-7-21)25(30)18-32-24-14-10-22(11-15-24)26-28-27-19-33-26/h3-15,19H,2,16-18H2,1H3. The van der Waals surface area contributed by atoms with Crippen LogP contribution in [-0.2, 0) is 17.9 Å². The minimum atomic E-state index is -0.0807. The molecule has 0 spiro atoms. The molecule has 1 aromatic heterocycles. The van der Waals surface area contributed by atoms with Crippen molar-refractivity contribution in [1.82, 2.24) is 15.1 Å². The predicted molar refractivity (Wildman–Crippen MR) is 124 cm³/mol. The molecule has 0 N–H and O–H groups in total. The summed E-state index contributed by atoms with van der Waals surface area (Å²) in [7, 11) is 0. The fourth-order valence-corrected chi connectivity index (χ4v) is 3.26. The van der Waals surface area contributed by atoms with Gasteiger partial charge in [0.2, 0.25) is 12.3 Å². The van der Waals surface area contributed by atoms with Gasteiger partial charge in [-0.15, -0.1) is 10.2 Å². The molecule has 0 atom stereocenters. The number of hydrogen-bond acceptors (Lipinski definition) is 6. The topological polar surface area (TPSA) is 77.7 Å². The molecule has 3 aromatic carbocycles. The van der Waals surface area contributed by atoms with Gasteiger partial charge >= 0.3 is 0 Å². The van der Waals surface area contributed by atoms with Crippen LogP contribution in [-0.4, -0.2) is 34.2 Å². The molecule has 33 heavy (non-hydrogen) atoms. The van der Waals surface area contributed by atoms with E-state index in [0.29, 0.717) is 31.3 Å². The molecule has 168 valence electrons. The molecular weight excluding hydrogens is 418 g/mol. The smallest absolute Gasteiger partial charge is 0.260 e. The van der Waals surface area contributed by atoms with E-state index in [-0.39, 0.29) is 12.5 Å². The van der Waals surface area contributed by atoms with E-state index in [0.717, 1.165) is 22.4 Å². The second-order valence-electron chi connectivity index (χ2n) is 7.38. The lowest BCUT2D eigenvalue weighted by Crippen LogP contribution is -2.34. The lowest BCUT2D eigenvalue weighted by molar-refractivity contribution is -0.133. The van der Waals surface area contributed by atoms with Crippen LogP contribution in [0.3, 0.4) is 0 Å². The summed E-state index contributed by atoms with van der Waals surface area (Å²) in [6.45, 7) is 3.53. The number of benzene rings is 3. The molecule has 0 aliphatic carbocycles. The molecule has 0 radical (unpaired) electrons. The van der Waals surface area contributed by atoms with E-state index in [1.807, 2.05) is 73.7 Å². The van der Waals surface area contributed by atoms with Crippen molar-refractivity contribution < 1.29 is 18.7 Å². The quantitative estimate of drug-likeness (QED) is 0.352. The molecule has 0 unspecified atom stereocenters. The van der Waals surface area contributed by atoms with Gasteiger partial charge in [0.1, 0.15) is 18.1 Å². The van der Waals surface area contributed by atoms with E-state index >= 15 is 0 Å². The second kappa shape index (κ2) is 10.9. The van der Waals surface area contributed by atoms with Crippen molar-refractivity contribution in [2.75, 3.05) is 13.2 Å². The maximum Gasteiger partial charge on any atom is 0.260 e. The van der Waals surface area contributed by atoms with Crippen LogP contribution in [0.25, 0.3) is 11.5 Å². The Morgan fingerprint density at radius 2 is 1.58 bits per heavy atom. The highest BCUT2D eigenvalue weighted by atomic mass is 16.5. The van der Waals surface area contributed by atoms with Crippen LogP contribution in [0.2, 0.25) is 0 Å². The third-order valence-electron chi connectivity index (χ3n) is 5.10. The third kappa shape index (κ3) is 6.20. The maximum atomic E-state index is 12.7. The first-order chi connectivity index (χ1) is 16.2. The summed E-state index contributed by atoms with van der Waals surface area (Å²) in [4.78, 5) is 14.4. The summed E-state index contributed by atoms with van der Waals surface area (Å²) < 4.78 is 16.7. The Balaban J connectivity index is 1.26. The molecule has 0 saturated carbocycles. The number of ether oxygens (including phenoxy) is 2. The monoisotopic (exact) mass is 443 g/mol. The number of aromatic nitrogens is 2. The minimum absolute atomic E-state index is 0.0357. The molecule has 7 heteroatoms. The van der Waals surface area contributed by atoms with E-state index in [1.54, 1.807) is 17.0 Å². The number of carbonyl (C=O) groups excluding carboxylic acids is 1. The SMILES string of the molecule is CCN(Cc1ccc(OCc2ccccc2)cc1)C(=O)COc1ccc(-c2nnco2)cc1. The van der Waals surface area contributed by atoms with Crippen LogP contribution in [0.15, 0.2) is 89.7 Å². The predicted octanol–water partition coefficient (Wildman–Crippen LogP) is 4.74. The highest BCUT2D eigenvalue weighted by molar-refractivity contribution is 5.77. The van der Waals surface area contributed by atoms with E-state index < -0.39 is 0 Å². The van der Waals surface area contributed by atoms with E-state index in [2.05, 4.69) is 10.2 Å². The van der Waals surface area contributed by atoms with Gasteiger partial charge in [-0.25, -0.2) is 0 Å². The minimum Gasteiger partial charge on any atom is -0.489 e. The zero-order valence-electron chi connectivity index (χ0n) is 18.4. The third-order valence-corrected chi connectivity index (χ3v) is 5.10. The molecule has 0 fully saturated rings. The van der Waals surface area contributed by atoms with Gasteiger partial charge in [-0.1, -0.05) is 42.5 Å². The van der Waals surface area contributed by atoms with Crippen LogP contribution in [0.5, 0.6) is 11.5 Å². The van der Waals surface area contributed by atoms with E-state index in [4.69, 9.17) is 13.9 Å². The summed E-state index contributed by atoms with van der Waals surface area (Å²) in [5, 5.41) is 7.53. The number of hydrogen-bond donors (Lipinski definition) is 0. The Kier molecular flexibility index (Phi) is 7.33. The van der Waals surface area contributed by atoms with Gasteiger partial charge in [0.15, 0.2) is 6.61 Å². The molecule has 1 heterocycles. The van der Waals surface area contributed by atoms with Crippen molar-refractivity contribution in [3.05, 3.63) is 96.4 Å². The van der Waals surface area contributed by atoms with Crippen molar-refractivity contribution in [3.63, 3.8) is 0 Å². The van der Waals surface area contributed by atoms with Crippen molar-refractivity contribution >= 4 is 5.91 Å². The first kappa shape index (κ1) is 22.1. The number of amides is 1. The molecule has 1 amide bonds. The van der Waals surface area contributed by atoms with E-state index in [9.17, 15) is 4.79 Å². The summed E-state index contributed by atoms with van der Waals surface area (Å²) in [5.74, 6) is 1.75. The second-order valence-corrected chi connectivity index (χ2v) is 7.38. The number of nitrogens with zero attached hydrogens (tertiary/aromatic N) is 3. The van der Waals surface area contributed by atoms with Gasteiger partial charge in [-0.3, -0.25) is 4.79 Å². The van der Waals surface area contributed by atoms with Crippen molar-refractivity contribution in [1.29, 1.82) is 0 Å². The first-order valence-corrected chi connectivity index (χ1v) is 10.7. The largest absolute Gasteiger partial charge is 0.489 e. The number of carbonyl (C=O) groups is 1. The van der Waals surface area contributed by atoms with Crippen LogP contribution in [0.4, 0.5) is 0 Å². The fraction of sp³-hybridized carbons (Fsp3) is 0.192. The Morgan fingerprint density at radius 1 is 0.879 bits per heavy atom. The van der Waals surface area contributed by atoms with Gasteiger partial charge in [0.05, 0.1) is 0 Å². The lowest BCUT2D eigenvalue weighted by Gasteiger charge is -2.21. The Hall–Kier alpha value is -4.13. The molecule has 0 aliphatic rings. The van der Waals surface area contributed by atoms with Crippen LogP contribution in [0, 0.1) is 0 Å². The molecule has 4 rings (SSSR count). The maximum absolute atomic E-state index is 12.7. The number of likely N-dealkylation sites (N-methyl/N-ethyl adjacent to an activating group) is 1. The summed E-state index contributed by atoms with van der Waals surface area (Å²) in [6, 6.07) is 25.0. The molecule has 0 saturated heterocycles. The average Bonchev–Trinajstić information content (AvgIpc) is 3.41. The Bertz CT molecular complexity index is 1130. The van der Waals surface area contributed by atoms with Crippen molar-refractivity contribution in [3.8, 4) is 23.0 Å². The molecular formula is C26H25N3O4. The molecule has 7 nitrogen and oxygen atoms in total.